The molecule has 0 unspecified atom stereocenters. The Hall–Kier alpha value is -1.12. The molecule has 0 aromatic heterocycles. The second-order valence-electron chi connectivity index (χ2n) is 4.08. The van der Waals surface area contributed by atoms with Gasteiger partial charge in [0.1, 0.15) is 0 Å². The molecule has 0 spiro atoms. The van der Waals surface area contributed by atoms with Crippen LogP contribution in [0, 0.1) is 0 Å². The lowest BCUT2D eigenvalue weighted by molar-refractivity contribution is -0.137. The largest absolute Gasteiger partial charge is 0.481 e. The first-order chi connectivity index (χ1) is 7.18. The van der Waals surface area contributed by atoms with Crippen molar-refractivity contribution in [1.82, 2.24) is 0 Å². The Balaban J connectivity index is 1.95. The topological polar surface area (TPSA) is 54.4 Å². The molecular weight excluding hydrogens is 192 g/mol. The van der Waals surface area contributed by atoms with E-state index in [2.05, 4.69) is 0 Å². The summed E-state index contributed by atoms with van der Waals surface area (Å²) >= 11 is 0. The second kappa shape index (κ2) is 6.38. The van der Waals surface area contributed by atoms with Gasteiger partial charge in [0.05, 0.1) is 0 Å². The number of carbonyl (C=O) groups excluding carboxylic acids is 1. The third-order valence-electron chi connectivity index (χ3n) is 2.70. The molecule has 0 aromatic rings. The van der Waals surface area contributed by atoms with E-state index in [1.807, 2.05) is 0 Å². The van der Waals surface area contributed by atoms with Crippen LogP contribution in [0.4, 0.5) is 0 Å². The Morgan fingerprint density at radius 1 is 1.20 bits per heavy atom. The lowest BCUT2D eigenvalue weighted by Gasteiger charge is -2.00. The van der Waals surface area contributed by atoms with E-state index >= 15 is 0 Å². The molecule has 0 atom stereocenters. The number of ketones is 1. The fourth-order valence-corrected chi connectivity index (χ4v) is 1.83. The predicted octanol–water partition coefficient (Wildman–Crippen LogP) is 2.70. The summed E-state index contributed by atoms with van der Waals surface area (Å²) in [4.78, 5) is 21.2. The standard InChI is InChI=1S/C12H18O3/c13-11-8-7-10(9-11)5-3-1-2-4-6-12(14)15/h9H,1-8H2,(H,14,15). The maximum Gasteiger partial charge on any atom is 0.303 e. The van der Waals surface area contributed by atoms with Crippen molar-refractivity contribution < 1.29 is 14.7 Å². The fraction of sp³-hybridized carbons (Fsp3) is 0.667. The summed E-state index contributed by atoms with van der Waals surface area (Å²) in [7, 11) is 0. The molecule has 0 saturated carbocycles. The van der Waals surface area contributed by atoms with Crippen LogP contribution < -0.4 is 0 Å². The molecule has 1 rings (SSSR count). The van der Waals surface area contributed by atoms with Crippen LogP contribution in [0.2, 0.25) is 0 Å². The molecule has 0 aliphatic heterocycles. The van der Waals surface area contributed by atoms with Crippen molar-refractivity contribution in [3.8, 4) is 0 Å². The van der Waals surface area contributed by atoms with E-state index in [0.29, 0.717) is 6.42 Å². The Morgan fingerprint density at radius 2 is 1.93 bits per heavy atom. The normalized spacial score (nSPS) is 15.5. The zero-order valence-electron chi connectivity index (χ0n) is 9.00. The smallest absolute Gasteiger partial charge is 0.303 e. The van der Waals surface area contributed by atoms with Gasteiger partial charge in [0, 0.05) is 12.8 Å². The fourth-order valence-electron chi connectivity index (χ4n) is 1.83. The quantitative estimate of drug-likeness (QED) is 0.657. The van der Waals surface area contributed by atoms with Crippen LogP contribution in [0.15, 0.2) is 11.6 Å². The Kier molecular flexibility index (Phi) is 5.08. The number of rotatable bonds is 7. The average molecular weight is 210 g/mol. The van der Waals surface area contributed by atoms with Crippen molar-refractivity contribution in [1.29, 1.82) is 0 Å². The average Bonchev–Trinajstić information content (AvgIpc) is 2.57. The van der Waals surface area contributed by atoms with Crippen LogP contribution in [-0.4, -0.2) is 16.9 Å². The molecule has 0 fully saturated rings. The molecule has 0 heterocycles. The summed E-state index contributed by atoms with van der Waals surface area (Å²) < 4.78 is 0. The van der Waals surface area contributed by atoms with Gasteiger partial charge >= 0.3 is 5.97 Å². The number of unbranched alkanes of at least 4 members (excludes halogenated alkanes) is 3. The van der Waals surface area contributed by atoms with Gasteiger partial charge in [-0.25, -0.2) is 0 Å². The minimum Gasteiger partial charge on any atom is -0.481 e. The van der Waals surface area contributed by atoms with E-state index < -0.39 is 5.97 Å². The Labute approximate surface area is 90.2 Å². The van der Waals surface area contributed by atoms with Gasteiger partial charge in [-0.3, -0.25) is 9.59 Å². The molecule has 3 heteroatoms. The first-order valence-electron chi connectivity index (χ1n) is 5.62. The number of carbonyl (C=O) groups is 2. The minimum atomic E-state index is -0.709. The number of hydrogen-bond donors (Lipinski definition) is 1. The number of carboxylic acids is 1. The summed E-state index contributed by atoms with van der Waals surface area (Å²) in [5.74, 6) is -0.449. The molecule has 84 valence electrons. The minimum absolute atomic E-state index is 0.260. The summed E-state index contributed by atoms with van der Waals surface area (Å²) in [6, 6.07) is 0. The maximum absolute atomic E-state index is 10.9. The van der Waals surface area contributed by atoms with Crippen molar-refractivity contribution in [2.75, 3.05) is 0 Å². The van der Waals surface area contributed by atoms with E-state index in [9.17, 15) is 9.59 Å². The predicted molar refractivity (Wildman–Crippen MR) is 57.7 cm³/mol. The summed E-state index contributed by atoms with van der Waals surface area (Å²) in [5, 5.41) is 8.43. The van der Waals surface area contributed by atoms with Gasteiger partial charge in [0.2, 0.25) is 0 Å². The van der Waals surface area contributed by atoms with Crippen molar-refractivity contribution in [2.45, 2.75) is 51.4 Å². The molecule has 0 bridgehead atoms. The third kappa shape index (κ3) is 5.35. The zero-order chi connectivity index (χ0) is 11.1. The number of carboxylic acid groups (broad SMARTS) is 1. The monoisotopic (exact) mass is 210 g/mol. The number of hydrogen-bond acceptors (Lipinski definition) is 2. The van der Waals surface area contributed by atoms with Crippen LogP contribution in [0.3, 0.4) is 0 Å². The van der Waals surface area contributed by atoms with E-state index in [1.54, 1.807) is 6.08 Å². The lowest BCUT2D eigenvalue weighted by atomic mass is 10.1. The van der Waals surface area contributed by atoms with Gasteiger partial charge < -0.3 is 5.11 Å². The molecule has 0 saturated heterocycles. The molecular formula is C12H18O3. The van der Waals surface area contributed by atoms with E-state index in [1.165, 1.54) is 5.57 Å². The highest BCUT2D eigenvalue weighted by molar-refractivity contribution is 5.92. The molecule has 1 aliphatic rings. The number of aliphatic carboxylic acids is 1. The van der Waals surface area contributed by atoms with Crippen LogP contribution >= 0.6 is 0 Å². The molecule has 15 heavy (non-hydrogen) atoms. The Bertz CT molecular complexity index is 266. The third-order valence-corrected chi connectivity index (χ3v) is 2.70. The SMILES string of the molecule is O=C(O)CCCCCCC1=CC(=O)CC1. The highest BCUT2D eigenvalue weighted by atomic mass is 16.4. The first-order valence-corrected chi connectivity index (χ1v) is 5.62. The second-order valence-corrected chi connectivity index (χ2v) is 4.08. The van der Waals surface area contributed by atoms with Crippen molar-refractivity contribution in [2.24, 2.45) is 0 Å². The Morgan fingerprint density at radius 3 is 2.53 bits per heavy atom. The molecule has 1 aliphatic carbocycles. The lowest BCUT2D eigenvalue weighted by Crippen LogP contribution is -1.93. The van der Waals surface area contributed by atoms with E-state index in [0.717, 1.165) is 38.5 Å². The van der Waals surface area contributed by atoms with Crippen LogP contribution in [0.1, 0.15) is 51.4 Å². The van der Waals surface area contributed by atoms with Gasteiger partial charge in [-0.2, -0.15) is 0 Å². The van der Waals surface area contributed by atoms with Crippen LogP contribution in [-0.2, 0) is 9.59 Å². The van der Waals surface area contributed by atoms with Gasteiger partial charge in [-0.15, -0.1) is 0 Å². The van der Waals surface area contributed by atoms with Gasteiger partial charge in [-0.1, -0.05) is 18.4 Å². The molecule has 0 amide bonds. The van der Waals surface area contributed by atoms with Crippen molar-refractivity contribution in [3.05, 3.63) is 11.6 Å². The molecule has 1 N–H and O–H groups in total. The van der Waals surface area contributed by atoms with E-state index in [-0.39, 0.29) is 12.2 Å². The van der Waals surface area contributed by atoms with Crippen molar-refractivity contribution >= 4 is 11.8 Å². The summed E-state index contributed by atoms with van der Waals surface area (Å²) in [6.07, 6.45) is 8.60. The van der Waals surface area contributed by atoms with Gasteiger partial charge in [0.25, 0.3) is 0 Å². The molecule has 3 nitrogen and oxygen atoms in total. The summed E-state index contributed by atoms with van der Waals surface area (Å²) in [5.41, 5.74) is 1.28. The number of allylic oxidation sites excluding steroid dienone is 2. The highest BCUT2D eigenvalue weighted by Crippen LogP contribution is 2.21. The van der Waals surface area contributed by atoms with Gasteiger partial charge in [-0.05, 0) is 31.8 Å². The molecule has 0 radical (unpaired) electrons. The molecule has 0 aromatic carbocycles. The zero-order valence-corrected chi connectivity index (χ0v) is 9.00. The van der Waals surface area contributed by atoms with E-state index in [4.69, 9.17) is 5.11 Å². The summed E-state index contributed by atoms with van der Waals surface area (Å²) in [6.45, 7) is 0. The highest BCUT2D eigenvalue weighted by Gasteiger charge is 2.10. The van der Waals surface area contributed by atoms with Crippen LogP contribution in [0.5, 0.6) is 0 Å². The van der Waals surface area contributed by atoms with Gasteiger partial charge in [0.15, 0.2) is 5.78 Å². The first kappa shape index (κ1) is 12.0. The van der Waals surface area contributed by atoms with Crippen LogP contribution in [0.25, 0.3) is 0 Å². The maximum atomic E-state index is 10.9. The van der Waals surface area contributed by atoms with Crippen molar-refractivity contribution in [3.63, 3.8) is 0 Å².